The molecule has 2 fully saturated rings. The first-order valence-electron chi connectivity index (χ1n) is 9.80. The van der Waals surface area contributed by atoms with Crippen LogP contribution < -0.4 is 0 Å². The smallest absolute Gasteiger partial charge is 0.308 e. The lowest BCUT2D eigenvalue weighted by Crippen LogP contribution is -2.42. The van der Waals surface area contributed by atoms with E-state index in [1.807, 2.05) is 35.0 Å². The van der Waals surface area contributed by atoms with Crippen molar-refractivity contribution < 1.29 is 14.7 Å². The van der Waals surface area contributed by atoms with Crippen molar-refractivity contribution in [1.29, 1.82) is 0 Å². The number of carboxylic acid groups (broad SMARTS) is 1. The normalized spacial score (nSPS) is 20.7. The Balaban J connectivity index is 1.70. The van der Waals surface area contributed by atoms with Gasteiger partial charge in [0.2, 0.25) is 0 Å². The number of aromatic nitrogens is 2. The fourth-order valence-corrected chi connectivity index (χ4v) is 4.36. The van der Waals surface area contributed by atoms with Crippen LogP contribution in [0.1, 0.15) is 54.9 Å². The molecule has 1 atom stereocenters. The largest absolute Gasteiger partial charge is 0.481 e. The number of hydrogen-bond donors (Lipinski definition) is 1. The highest BCUT2D eigenvalue weighted by atomic mass is 16.4. The molecule has 0 bridgehead atoms. The summed E-state index contributed by atoms with van der Waals surface area (Å²) in [5.74, 6) is -1.41. The van der Waals surface area contributed by atoms with Gasteiger partial charge >= 0.3 is 5.97 Å². The Morgan fingerprint density at radius 2 is 1.78 bits per heavy atom. The number of amides is 1. The summed E-state index contributed by atoms with van der Waals surface area (Å²) >= 11 is 0. The van der Waals surface area contributed by atoms with E-state index >= 15 is 0 Å². The van der Waals surface area contributed by atoms with Crippen molar-refractivity contribution in [2.75, 3.05) is 13.1 Å². The third kappa shape index (κ3) is 3.48. The summed E-state index contributed by atoms with van der Waals surface area (Å²) < 4.78 is 2.02. The minimum Gasteiger partial charge on any atom is -0.481 e. The van der Waals surface area contributed by atoms with Crippen molar-refractivity contribution in [2.24, 2.45) is 5.92 Å². The van der Waals surface area contributed by atoms with Crippen LogP contribution in [0.5, 0.6) is 0 Å². The van der Waals surface area contributed by atoms with E-state index in [2.05, 4.69) is 5.10 Å². The van der Waals surface area contributed by atoms with Crippen molar-refractivity contribution in [3.8, 4) is 11.3 Å². The quantitative estimate of drug-likeness (QED) is 0.896. The number of nitrogens with zero attached hydrogens (tertiary/aromatic N) is 3. The van der Waals surface area contributed by atoms with E-state index in [0.717, 1.165) is 30.5 Å². The molecule has 1 N–H and O–H groups in total. The van der Waals surface area contributed by atoms with E-state index in [4.69, 9.17) is 0 Å². The third-order valence-corrected chi connectivity index (χ3v) is 5.80. The summed E-state index contributed by atoms with van der Waals surface area (Å²) in [6.07, 6.45) is 7.57. The molecule has 1 unspecified atom stereocenters. The first-order chi connectivity index (χ1) is 13.1. The lowest BCUT2D eigenvalue weighted by atomic mass is 9.97. The SMILES string of the molecule is O=C(O)C1CCCN(C(=O)c2cnn(C3CCCC3)c2-c2ccccc2)C1. The first kappa shape index (κ1) is 17.8. The predicted molar refractivity (Wildman–Crippen MR) is 101 cm³/mol. The van der Waals surface area contributed by atoms with E-state index < -0.39 is 11.9 Å². The molecule has 142 valence electrons. The van der Waals surface area contributed by atoms with Gasteiger partial charge in [0, 0.05) is 18.7 Å². The zero-order valence-corrected chi connectivity index (χ0v) is 15.4. The topological polar surface area (TPSA) is 75.4 Å². The lowest BCUT2D eigenvalue weighted by molar-refractivity contribution is -0.143. The number of carboxylic acids is 1. The van der Waals surface area contributed by atoms with E-state index in [1.54, 1.807) is 11.1 Å². The van der Waals surface area contributed by atoms with E-state index in [1.165, 1.54) is 12.8 Å². The molecule has 2 heterocycles. The lowest BCUT2D eigenvalue weighted by Gasteiger charge is -2.30. The molecule has 1 saturated heterocycles. The molecule has 1 saturated carbocycles. The van der Waals surface area contributed by atoms with Crippen LogP contribution >= 0.6 is 0 Å². The molecule has 1 amide bonds. The molecule has 1 aromatic heterocycles. The second kappa shape index (κ2) is 7.55. The van der Waals surface area contributed by atoms with E-state index in [-0.39, 0.29) is 12.5 Å². The number of benzene rings is 1. The molecular weight excluding hydrogens is 342 g/mol. The summed E-state index contributed by atoms with van der Waals surface area (Å²) in [5, 5.41) is 13.9. The Labute approximate surface area is 158 Å². The van der Waals surface area contributed by atoms with Crippen molar-refractivity contribution in [3.63, 3.8) is 0 Å². The zero-order valence-electron chi connectivity index (χ0n) is 15.4. The third-order valence-electron chi connectivity index (χ3n) is 5.80. The fraction of sp³-hybridized carbons (Fsp3) is 0.476. The predicted octanol–water partition coefficient (Wildman–Crippen LogP) is 3.60. The minimum absolute atomic E-state index is 0.107. The Morgan fingerprint density at radius 1 is 1.04 bits per heavy atom. The molecule has 27 heavy (non-hydrogen) atoms. The Bertz CT molecular complexity index is 824. The average molecular weight is 367 g/mol. The average Bonchev–Trinajstić information content (AvgIpc) is 3.37. The van der Waals surface area contributed by atoms with Gasteiger partial charge in [-0.25, -0.2) is 0 Å². The number of aliphatic carboxylic acids is 1. The first-order valence-corrected chi connectivity index (χ1v) is 9.80. The molecule has 6 nitrogen and oxygen atoms in total. The summed E-state index contributed by atoms with van der Waals surface area (Å²) in [6, 6.07) is 10.2. The summed E-state index contributed by atoms with van der Waals surface area (Å²) in [7, 11) is 0. The van der Waals surface area contributed by atoms with Crippen molar-refractivity contribution in [1.82, 2.24) is 14.7 Å². The van der Waals surface area contributed by atoms with Crippen molar-refractivity contribution in [3.05, 3.63) is 42.1 Å². The molecule has 4 rings (SSSR count). The van der Waals surface area contributed by atoms with Gasteiger partial charge in [-0.15, -0.1) is 0 Å². The molecule has 1 aliphatic carbocycles. The second-order valence-electron chi connectivity index (χ2n) is 7.58. The van der Waals surface area contributed by atoms with Crippen LogP contribution in [-0.4, -0.2) is 44.8 Å². The number of piperidine rings is 1. The molecular formula is C21H25N3O3. The molecule has 6 heteroatoms. The van der Waals surface area contributed by atoms with Crippen LogP contribution in [0.3, 0.4) is 0 Å². The minimum atomic E-state index is -0.822. The number of carbonyl (C=O) groups excluding carboxylic acids is 1. The molecule has 2 aliphatic rings. The summed E-state index contributed by atoms with van der Waals surface area (Å²) in [6.45, 7) is 0.877. The number of likely N-dealkylation sites (tertiary alicyclic amines) is 1. The maximum atomic E-state index is 13.3. The summed E-state index contributed by atoms with van der Waals surface area (Å²) in [5.41, 5.74) is 2.43. The van der Waals surface area contributed by atoms with Crippen molar-refractivity contribution in [2.45, 2.75) is 44.6 Å². The van der Waals surface area contributed by atoms with Gasteiger partial charge in [-0.3, -0.25) is 14.3 Å². The van der Waals surface area contributed by atoms with Gasteiger partial charge in [-0.2, -0.15) is 5.10 Å². The Morgan fingerprint density at radius 3 is 2.48 bits per heavy atom. The molecule has 0 radical (unpaired) electrons. The maximum Gasteiger partial charge on any atom is 0.308 e. The molecule has 2 aromatic rings. The van der Waals surface area contributed by atoms with Gasteiger partial charge in [-0.1, -0.05) is 43.2 Å². The second-order valence-corrected chi connectivity index (χ2v) is 7.58. The van der Waals surface area contributed by atoms with Crippen molar-refractivity contribution >= 4 is 11.9 Å². The van der Waals surface area contributed by atoms with Gasteiger partial charge in [0.05, 0.1) is 29.4 Å². The maximum absolute atomic E-state index is 13.3. The van der Waals surface area contributed by atoms with Gasteiger partial charge in [0.25, 0.3) is 5.91 Å². The number of hydrogen-bond acceptors (Lipinski definition) is 3. The monoisotopic (exact) mass is 367 g/mol. The standard InChI is InChI=1S/C21H25N3O3/c25-20(23-12-6-9-16(14-23)21(26)27)18-13-22-24(17-10-4-5-11-17)19(18)15-7-2-1-3-8-15/h1-3,7-8,13,16-17H,4-6,9-12,14H2,(H,26,27). The van der Waals surface area contributed by atoms with Gasteiger partial charge in [-0.05, 0) is 25.7 Å². The summed E-state index contributed by atoms with van der Waals surface area (Å²) in [4.78, 5) is 26.3. The molecule has 1 aromatic carbocycles. The fourth-order valence-electron chi connectivity index (χ4n) is 4.36. The van der Waals surface area contributed by atoms with Gasteiger partial charge in [0.15, 0.2) is 0 Å². The molecule has 0 spiro atoms. The van der Waals surface area contributed by atoms with Crippen LogP contribution in [0.4, 0.5) is 0 Å². The molecule has 1 aliphatic heterocycles. The highest BCUT2D eigenvalue weighted by Crippen LogP contribution is 2.35. The number of carbonyl (C=O) groups is 2. The van der Waals surface area contributed by atoms with Crippen LogP contribution in [0.25, 0.3) is 11.3 Å². The van der Waals surface area contributed by atoms with Crippen LogP contribution in [-0.2, 0) is 4.79 Å². The van der Waals surface area contributed by atoms with Crippen LogP contribution in [0.2, 0.25) is 0 Å². The van der Waals surface area contributed by atoms with Gasteiger partial charge in [0.1, 0.15) is 0 Å². The van der Waals surface area contributed by atoms with E-state index in [9.17, 15) is 14.7 Å². The van der Waals surface area contributed by atoms with Gasteiger partial charge < -0.3 is 10.0 Å². The zero-order chi connectivity index (χ0) is 18.8. The highest BCUT2D eigenvalue weighted by Gasteiger charge is 2.32. The van der Waals surface area contributed by atoms with E-state index in [0.29, 0.717) is 24.6 Å². The highest BCUT2D eigenvalue weighted by molar-refractivity contribution is 6.00. The number of rotatable bonds is 4. The Hall–Kier alpha value is -2.63. The van der Waals surface area contributed by atoms with Crippen LogP contribution in [0.15, 0.2) is 36.5 Å². The Kier molecular flexibility index (Phi) is 4.97. The van der Waals surface area contributed by atoms with Crippen LogP contribution in [0, 0.1) is 5.92 Å².